The Morgan fingerprint density at radius 3 is 2.45 bits per heavy atom. The van der Waals surface area contributed by atoms with Crippen LogP contribution in [0.15, 0.2) is 36.4 Å². The molecule has 5 heteroatoms. The lowest BCUT2D eigenvalue weighted by atomic mass is 9.91. The molecule has 5 nitrogen and oxygen atoms in total. The van der Waals surface area contributed by atoms with Crippen molar-refractivity contribution in [3.63, 3.8) is 0 Å². The average molecular weight is 398 g/mol. The molecule has 0 N–H and O–H groups in total. The summed E-state index contributed by atoms with van der Waals surface area (Å²) in [5.74, 6) is 3.24. The van der Waals surface area contributed by atoms with Gasteiger partial charge in [-0.25, -0.2) is 0 Å². The first-order valence-corrected chi connectivity index (χ1v) is 9.95. The molecule has 2 aromatic rings. The predicted molar refractivity (Wildman–Crippen MR) is 117 cm³/mol. The highest BCUT2D eigenvalue weighted by molar-refractivity contribution is 5.62. The quantitative estimate of drug-likeness (QED) is 0.633. The van der Waals surface area contributed by atoms with Gasteiger partial charge in [0.2, 0.25) is 0 Å². The van der Waals surface area contributed by atoms with Gasteiger partial charge in [-0.1, -0.05) is 25.1 Å². The highest BCUT2D eigenvalue weighted by atomic mass is 16.5. The average Bonchev–Trinajstić information content (AvgIpc) is 3.04. The summed E-state index contributed by atoms with van der Waals surface area (Å²) in [4.78, 5) is 2.08. The van der Waals surface area contributed by atoms with E-state index in [0.717, 1.165) is 46.2 Å². The molecule has 29 heavy (non-hydrogen) atoms. The smallest absolute Gasteiger partial charge is 0.165 e. The van der Waals surface area contributed by atoms with Crippen LogP contribution in [0.5, 0.6) is 23.0 Å². The van der Waals surface area contributed by atoms with E-state index in [0.29, 0.717) is 6.61 Å². The molecule has 0 fully saturated rings. The van der Waals surface area contributed by atoms with E-state index in [2.05, 4.69) is 30.0 Å². The van der Waals surface area contributed by atoms with Gasteiger partial charge >= 0.3 is 0 Å². The molecule has 0 radical (unpaired) electrons. The molecule has 0 spiro atoms. The first-order chi connectivity index (χ1) is 14.0. The third-order valence-electron chi connectivity index (χ3n) is 5.19. The molecule has 0 aliphatic carbocycles. The van der Waals surface area contributed by atoms with Gasteiger partial charge in [0, 0.05) is 18.0 Å². The number of methoxy groups -OCH3 is 2. The molecule has 0 unspecified atom stereocenters. The number of rotatable bonds is 8. The van der Waals surface area contributed by atoms with E-state index < -0.39 is 0 Å². The zero-order valence-corrected chi connectivity index (χ0v) is 18.2. The number of hydrogen-bond donors (Lipinski definition) is 0. The molecule has 0 saturated heterocycles. The molecule has 1 aliphatic heterocycles. The lowest BCUT2D eigenvalue weighted by molar-refractivity contribution is 0.207. The maximum atomic E-state index is 6.36. The third kappa shape index (κ3) is 4.51. The Morgan fingerprint density at radius 1 is 1.03 bits per heavy atom. The molecule has 0 bridgehead atoms. The minimum absolute atomic E-state index is 0.107. The zero-order chi connectivity index (χ0) is 21.0. The summed E-state index contributed by atoms with van der Waals surface area (Å²) in [7, 11) is 7.39. The van der Waals surface area contributed by atoms with Crippen molar-refractivity contribution < 1.29 is 18.9 Å². The summed E-state index contributed by atoms with van der Waals surface area (Å²) in [6, 6.07) is 10.2. The normalized spacial score (nSPS) is 18.0. The monoisotopic (exact) mass is 397 g/mol. The van der Waals surface area contributed by atoms with E-state index in [1.54, 1.807) is 14.2 Å². The van der Waals surface area contributed by atoms with Crippen LogP contribution in [0.3, 0.4) is 0 Å². The lowest BCUT2D eigenvalue weighted by Gasteiger charge is -2.19. The molecule has 0 saturated carbocycles. The van der Waals surface area contributed by atoms with Crippen molar-refractivity contribution in [2.24, 2.45) is 0 Å². The van der Waals surface area contributed by atoms with Crippen LogP contribution in [0.25, 0.3) is 6.08 Å². The van der Waals surface area contributed by atoms with Gasteiger partial charge in [0.25, 0.3) is 0 Å². The first-order valence-electron chi connectivity index (χ1n) is 9.95. The Kier molecular flexibility index (Phi) is 6.70. The molecule has 1 heterocycles. The maximum Gasteiger partial charge on any atom is 0.165 e. The van der Waals surface area contributed by atoms with E-state index in [1.807, 2.05) is 45.3 Å². The third-order valence-corrected chi connectivity index (χ3v) is 5.19. The molecule has 0 aromatic heterocycles. The van der Waals surface area contributed by atoms with Crippen LogP contribution in [-0.4, -0.2) is 46.4 Å². The molecule has 0 amide bonds. The van der Waals surface area contributed by atoms with Crippen LogP contribution in [-0.2, 0) is 0 Å². The number of ether oxygens (including phenoxy) is 4. The second kappa shape index (κ2) is 9.23. The molecular weight excluding hydrogens is 366 g/mol. The van der Waals surface area contributed by atoms with Crippen LogP contribution < -0.4 is 18.9 Å². The topological polar surface area (TPSA) is 40.2 Å². The van der Waals surface area contributed by atoms with Gasteiger partial charge in [-0.2, -0.15) is 0 Å². The van der Waals surface area contributed by atoms with Gasteiger partial charge in [-0.3, -0.25) is 0 Å². The SMILES string of the molecule is CC=Cc1cc(OC)c2c(c1)[C@@H](C)[C@H](c1ccc(OCCN(C)C)c(OC)c1)O2. The van der Waals surface area contributed by atoms with Crippen molar-refractivity contribution in [3.8, 4) is 23.0 Å². The maximum absolute atomic E-state index is 6.36. The minimum atomic E-state index is -0.107. The van der Waals surface area contributed by atoms with Crippen LogP contribution in [0, 0.1) is 0 Å². The number of likely N-dealkylation sites (N-methyl/N-ethyl adjacent to an activating group) is 1. The van der Waals surface area contributed by atoms with E-state index in [4.69, 9.17) is 18.9 Å². The highest BCUT2D eigenvalue weighted by Gasteiger charge is 2.35. The Balaban J connectivity index is 1.87. The number of hydrogen-bond acceptors (Lipinski definition) is 5. The summed E-state index contributed by atoms with van der Waals surface area (Å²) < 4.78 is 23.4. The summed E-state index contributed by atoms with van der Waals surface area (Å²) in [5, 5.41) is 0. The van der Waals surface area contributed by atoms with Gasteiger partial charge in [0.05, 0.1) is 14.2 Å². The molecule has 3 rings (SSSR count). The highest BCUT2D eigenvalue weighted by Crippen LogP contribution is 2.51. The van der Waals surface area contributed by atoms with Crippen LogP contribution in [0.2, 0.25) is 0 Å². The van der Waals surface area contributed by atoms with Gasteiger partial charge < -0.3 is 23.8 Å². The molecule has 156 valence electrons. The summed E-state index contributed by atoms with van der Waals surface area (Å²) >= 11 is 0. The summed E-state index contributed by atoms with van der Waals surface area (Å²) in [6.07, 6.45) is 3.99. The Labute approximate surface area is 173 Å². The van der Waals surface area contributed by atoms with Gasteiger partial charge in [0.15, 0.2) is 23.0 Å². The van der Waals surface area contributed by atoms with E-state index in [1.165, 1.54) is 0 Å². The van der Waals surface area contributed by atoms with E-state index in [9.17, 15) is 0 Å². The van der Waals surface area contributed by atoms with Gasteiger partial charge in [0.1, 0.15) is 12.7 Å². The number of benzene rings is 2. The van der Waals surface area contributed by atoms with Gasteiger partial charge in [-0.15, -0.1) is 0 Å². The fraction of sp³-hybridized carbons (Fsp3) is 0.417. The van der Waals surface area contributed by atoms with Crippen molar-refractivity contribution in [1.82, 2.24) is 4.90 Å². The van der Waals surface area contributed by atoms with E-state index in [-0.39, 0.29) is 12.0 Å². The Hall–Kier alpha value is -2.66. The van der Waals surface area contributed by atoms with Crippen molar-refractivity contribution in [2.75, 3.05) is 41.5 Å². The van der Waals surface area contributed by atoms with Crippen LogP contribution in [0.4, 0.5) is 0 Å². The standard InChI is InChI=1S/C24H31NO4/c1-7-8-17-13-19-16(2)23(29-24(19)22(14-17)27-6)18-9-10-20(21(15-18)26-5)28-12-11-25(3)4/h7-10,13-16,23H,11-12H2,1-6H3/t16-,23-/m1/s1. The summed E-state index contributed by atoms with van der Waals surface area (Å²) in [5.41, 5.74) is 3.33. The number of fused-ring (bicyclic) bond motifs is 1. The lowest BCUT2D eigenvalue weighted by Crippen LogP contribution is -2.19. The molecule has 2 atom stereocenters. The fourth-order valence-corrected chi connectivity index (χ4v) is 3.62. The zero-order valence-electron chi connectivity index (χ0n) is 18.2. The van der Waals surface area contributed by atoms with Crippen molar-refractivity contribution >= 4 is 6.08 Å². The van der Waals surface area contributed by atoms with Gasteiger partial charge in [-0.05, 0) is 56.4 Å². The largest absolute Gasteiger partial charge is 0.493 e. The Bertz CT molecular complexity index is 875. The second-order valence-corrected chi connectivity index (χ2v) is 7.53. The number of nitrogens with zero attached hydrogens (tertiary/aromatic N) is 1. The molecule has 1 aliphatic rings. The van der Waals surface area contributed by atoms with Crippen LogP contribution in [0.1, 0.15) is 42.6 Å². The van der Waals surface area contributed by atoms with Crippen molar-refractivity contribution in [2.45, 2.75) is 25.9 Å². The van der Waals surface area contributed by atoms with E-state index >= 15 is 0 Å². The van der Waals surface area contributed by atoms with Crippen LogP contribution >= 0.6 is 0 Å². The molecular formula is C24H31NO4. The summed E-state index contributed by atoms with van der Waals surface area (Å²) in [6.45, 7) is 5.65. The van der Waals surface area contributed by atoms with Crippen molar-refractivity contribution in [1.29, 1.82) is 0 Å². The van der Waals surface area contributed by atoms with Crippen molar-refractivity contribution in [3.05, 3.63) is 53.1 Å². The fourth-order valence-electron chi connectivity index (χ4n) is 3.62. The molecule has 2 aromatic carbocycles. The predicted octanol–water partition coefficient (Wildman–Crippen LogP) is 4.91. The Morgan fingerprint density at radius 2 is 1.79 bits per heavy atom. The number of allylic oxidation sites excluding steroid dienone is 1. The first kappa shape index (κ1) is 21.1. The second-order valence-electron chi connectivity index (χ2n) is 7.53. The minimum Gasteiger partial charge on any atom is -0.493 e.